The summed E-state index contributed by atoms with van der Waals surface area (Å²) in [6.45, 7) is 4.11. The molecule has 0 aliphatic heterocycles. The summed E-state index contributed by atoms with van der Waals surface area (Å²) in [5.74, 6) is 0.189. The molecule has 0 radical (unpaired) electrons. The Balaban J connectivity index is 1.71. The largest absolute Gasteiger partial charge is 0.343 e. The second-order valence-corrected chi connectivity index (χ2v) is 7.01. The Morgan fingerprint density at radius 3 is 2.62 bits per heavy atom. The normalized spacial score (nSPS) is 12.1. The highest BCUT2D eigenvalue weighted by Gasteiger charge is 2.18. The van der Waals surface area contributed by atoms with Crippen LogP contribution in [0.4, 0.5) is 0 Å². The van der Waals surface area contributed by atoms with Crippen molar-refractivity contribution in [3.8, 4) is 0 Å². The average molecular weight is 367 g/mol. The van der Waals surface area contributed by atoms with E-state index >= 15 is 0 Å². The van der Waals surface area contributed by atoms with Crippen LogP contribution in [-0.2, 0) is 4.79 Å². The summed E-state index contributed by atoms with van der Waals surface area (Å²) >= 11 is 1.38. The molecule has 0 saturated carbocycles. The van der Waals surface area contributed by atoms with E-state index in [-0.39, 0.29) is 23.7 Å². The average Bonchev–Trinajstić information content (AvgIpc) is 3.15. The number of pyridine rings is 1. The first-order valence-electron chi connectivity index (χ1n) is 8.42. The molecule has 3 rings (SSSR count). The number of aromatic nitrogens is 4. The SMILES string of the molecule is CC(C)n1cnnc1SCC(=O)NC(c1ccccc1)c1ccccn1. The Labute approximate surface area is 157 Å². The molecule has 6 nitrogen and oxygen atoms in total. The maximum atomic E-state index is 12.6. The summed E-state index contributed by atoms with van der Waals surface area (Å²) in [5, 5.41) is 11.8. The number of amides is 1. The van der Waals surface area contributed by atoms with E-state index in [1.165, 1.54) is 11.8 Å². The Bertz CT molecular complexity index is 796. The van der Waals surface area contributed by atoms with E-state index < -0.39 is 0 Å². The van der Waals surface area contributed by atoms with Gasteiger partial charge >= 0.3 is 0 Å². The van der Waals surface area contributed by atoms with Gasteiger partial charge < -0.3 is 9.88 Å². The van der Waals surface area contributed by atoms with Gasteiger partial charge in [0, 0.05) is 12.2 Å². The topological polar surface area (TPSA) is 72.7 Å². The van der Waals surface area contributed by atoms with Crippen molar-refractivity contribution in [2.45, 2.75) is 31.1 Å². The van der Waals surface area contributed by atoms with Crippen molar-refractivity contribution in [2.75, 3.05) is 5.75 Å². The first kappa shape index (κ1) is 18.1. The maximum Gasteiger partial charge on any atom is 0.231 e. The first-order chi connectivity index (χ1) is 12.6. The van der Waals surface area contributed by atoms with Gasteiger partial charge in [-0.1, -0.05) is 48.2 Å². The van der Waals surface area contributed by atoms with Gasteiger partial charge in [-0.15, -0.1) is 10.2 Å². The lowest BCUT2D eigenvalue weighted by Gasteiger charge is -2.19. The van der Waals surface area contributed by atoms with Gasteiger partial charge in [-0.3, -0.25) is 9.78 Å². The molecule has 1 unspecified atom stereocenters. The number of hydrogen-bond acceptors (Lipinski definition) is 5. The highest BCUT2D eigenvalue weighted by molar-refractivity contribution is 7.99. The smallest absolute Gasteiger partial charge is 0.231 e. The van der Waals surface area contributed by atoms with Crippen molar-refractivity contribution in [3.05, 3.63) is 72.3 Å². The summed E-state index contributed by atoms with van der Waals surface area (Å²) in [4.78, 5) is 17.0. The van der Waals surface area contributed by atoms with E-state index in [1.54, 1.807) is 12.5 Å². The highest BCUT2D eigenvalue weighted by atomic mass is 32.2. The lowest BCUT2D eigenvalue weighted by molar-refractivity contribution is -0.119. The van der Waals surface area contributed by atoms with E-state index in [0.717, 1.165) is 16.4 Å². The van der Waals surface area contributed by atoms with Crippen molar-refractivity contribution in [2.24, 2.45) is 0 Å². The predicted octanol–water partition coefficient (Wildman–Crippen LogP) is 3.25. The van der Waals surface area contributed by atoms with E-state index in [1.807, 2.05) is 53.1 Å². The van der Waals surface area contributed by atoms with Gasteiger partial charge in [-0.25, -0.2) is 0 Å². The van der Waals surface area contributed by atoms with Crippen LogP contribution < -0.4 is 5.32 Å². The van der Waals surface area contributed by atoms with Crippen LogP contribution in [0.3, 0.4) is 0 Å². The minimum Gasteiger partial charge on any atom is -0.343 e. The molecular weight excluding hydrogens is 346 g/mol. The van der Waals surface area contributed by atoms with E-state index in [9.17, 15) is 4.79 Å². The van der Waals surface area contributed by atoms with Crippen molar-refractivity contribution in [1.29, 1.82) is 0 Å². The molecule has 0 fully saturated rings. The summed E-state index contributed by atoms with van der Waals surface area (Å²) in [6, 6.07) is 15.5. The van der Waals surface area contributed by atoms with Gasteiger partial charge in [0.25, 0.3) is 0 Å². The van der Waals surface area contributed by atoms with Crippen molar-refractivity contribution >= 4 is 17.7 Å². The van der Waals surface area contributed by atoms with Crippen LogP contribution in [0, 0.1) is 0 Å². The molecule has 0 aliphatic rings. The van der Waals surface area contributed by atoms with Crippen LogP contribution in [0.15, 0.2) is 66.2 Å². The quantitative estimate of drug-likeness (QED) is 0.649. The fraction of sp³-hybridized carbons (Fsp3) is 0.263. The number of hydrogen-bond donors (Lipinski definition) is 1. The van der Waals surface area contributed by atoms with Crippen LogP contribution >= 0.6 is 11.8 Å². The highest BCUT2D eigenvalue weighted by Crippen LogP contribution is 2.22. The molecule has 1 aromatic carbocycles. The third-order valence-corrected chi connectivity index (χ3v) is 4.81. The van der Waals surface area contributed by atoms with Gasteiger partial charge in [0.2, 0.25) is 5.91 Å². The zero-order chi connectivity index (χ0) is 18.4. The molecule has 1 atom stereocenters. The molecule has 0 bridgehead atoms. The number of nitrogens with one attached hydrogen (secondary N) is 1. The monoisotopic (exact) mass is 367 g/mol. The van der Waals surface area contributed by atoms with Crippen molar-refractivity contribution in [1.82, 2.24) is 25.1 Å². The number of carbonyl (C=O) groups excluding carboxylic acids is 1. The first-order valence-corrected chi connectivity index (χ1v) is 9.41. The standard InChI is InChI=1S/C19H21N5OS/c1-14(2)24-13-21-23-19(24)26-12-17(25)22-18(15-8-4-3-5-9-15)16-10-6-7-11-20-16/h3-11,13-14,18H,12H2,1-2H3,(H,22,25). The summed E-state index contributed by atoms with van der Waals surface area (Å²) in [7, 11) is 0. The van der Waals surface area contributed by atoms with E-state index in [2.05, 4.69) is 34.3 Å². The third kappa shape index (κ3) is 4.49. The number of rotatable bonds is 7. The molecule has 3 aromatic rings. The molecule has 26 heavy (non-hydrogen) atoms. The summed E-state index contributed by atoms with van der Waals surface area (Å²) in [5.41, 5.74) is 1.80. The van der Waals surface area contributed by atoms with E-state index in [4.69, 9.17) is 0 Å². The van der Waals surface area contributed by atoms with E-state index in [0.29, 0.717) is 0 Å². The minimum absolute atomic E-state index is 0.0761. The minimum atomic E-state index is -0.284. The van der Waals surface area contributed by atoms with Crippen LogP contribution in [0.25, 0.3) is 0 Å². The molecule has 134 valence electrons. The van der Waals surface area contributed by atoms with Crippen LogP contribution in [0.1, 0.15) is 37.2 Å². The van der Waals surface area contributed by atoms with Crippen molar-refractivity contribution < 1.29 is 4.79 Å². The zero-order valence-electron chi connectivity index (χ0n) is 14.7. The number of carbonyl (C=O) groups is 1. The molecule has 0 spiro atoms. The molecule has 0 aliphatic carbocycles. The molecule has 1 N–H and O–H groups in total. The summed E-state index contributed by atoms with van der Waals surface area (Å²) in [6.07, 6.45) is 3.42. The van der Waals surface area contributed by atoms with Gasteiger partial charge in [0.1, 0.15) is 6.33 Å². The number of thioether (sulfide) groups is 1. The molecule has 0 saturated heterocycles. The van der Waals surface area contributed by atoms with Crippen LogP contribution in [0.2, 0.25) is 0 Å². The lowest BCUT2D eigenvalue weighted by Crippen LogP contribution is -2.31. The fourth-order valence-electron chi connectivity index (χ4n) is 2.54. The number of nitrogens with zero attached hydrogens (tertiary/aromatic N) is 4. The third-order valence-electron chi connectivity index (χ3n) is 3.85. The summed E-state index contributed by atoms with van der Waals surface area (Å²) < 4.78 is 1.95. The second kappa shape index (κ2) is 8.62. The predicted molar refractivity (Wildman–Crippen MR) is 102 cm³/mol. The zero-order valence-corrected chi connectivity index (χ0v) is 15.6. The second-order valence-electron chi connectivity index (χ2n) is 6.07. The molecular formula is C19H21N5OS. The van der Waals surface area contributed by atoms with Gasteiger partial charge in [0.15, 0.2) is 5.16 Å². The Kier molecular flexibility index (Phi) is 6.01. The van der Waals surface area contributed by atoms with Crippen LogP contribution in [-0.4, -0.2) is 31.4 Å². The van der Waals surface area contributed by atoms with Crippen LogP contribution in [0.5, 0.6) is 0 Å². The Hall–Kier alpha value is -2.67. The molecule has 2 aromatic heterocycles. The van der Waals surface area contributed by atoms with Crippen molar-refractivity contribution in [3.63, 3.8) is 0 Å². The van der Waals surface area contributed by atoms with Gasteiger partial charge in [-0.05, 0) is 31.5 Å². The van der Waals surface area contributed by atoms with Gasteiger partial charge in [-0.2, -0.15) is 0 Å². The Morgan fingerprint density at radius 1 is 1.15 bits per heavy atom. The molecule has 2 heterocycles. The fourth-order valence-corrected chi connectivity index (χ4v) is 3.40. The Morgan fingerprint density at radius 2 is 1.92 bits per heavy atom. The molecule has 7 heteroatoms. The molecule has 1 amide bonds. The number of benzene rings is 1. The lowest BCUT2D eigenvalue weighted by atomic mass is 10.0. The maximum absolute atomic E-state index is 12.6. The van der Waals surface area contributed by atoms with Gasteiger partial charge in [0.05, 0.1) is 17.5 Å².